The molecule has 3 fully saturated rings. The number of piperidine rings is 2. The minimum Gasteiger partial charge on any atom is -0.376 e. The second-order valence-corrected chi connectivity index (χ2v) is 9.09. The van der Waals surface area contributed by atoms with Crippen LogP contribution in [0.15, 0.2) is 11.0 Å². The Kier molecular flexibility index (Phi) is 5.61. The first kappa shape index (κ1) is 19.6. The van der Waals surface area contributed by atoms with E-state index in [0.717, 1.165) is 88.3 Å². The summed E-state index contributed by atoms with van der Waals surface area (Å²) in [5.41, 5.74) is 3.06. The third-order valence-electron chi connectivity index (χ3n) is 7.11. The number of H-pyrrole nitrogens is 1. The topological polar surface area (TPSA) is 65.6 Å². The lowest BCUT2D eigenvalue weighted by Gasteiger charge is -2.48. The molecule has 0 aliphatic carbocycles. The van der Waals surface area contributed by atoms with E-state index in [0.29, 0.717) is 12.3 Å². The van der Waals surface area contributed by atoms with Crippen molar-refractivity contribution in [3.63, 3.8) is 0 Å². The normalized spacial score (nSPS) is 25.6. The molecule has 1 amide bonds. The first-order chi connectivity index (χ1) is 13.5. The van der Waals surface area contributed by atoms with Crippen molar-refractivity contribution >= 4 is 5.91 Å². The summed E-state index contributed by atoms with van der Waals surface area (Å²) < 4.78 is 5.76. The molecule has 1 atom stereocenters. The Morgan fingerprint density at radius 1 is 1.21 bits per heavy atom. The highest BCUT2D eigenvalue weighted by atomic mass is 16.5. The molecule has 1 unspecified atom stereocenters. The van der Waals surface area contributed by atoms with Gasteiger partial charge in [-0.2, -0.15) is 0 Å². The van der Waals surface area contributed by atoms with Gasteiger partial charge in [-0.05, 0) is 64.5 Å². The number of carbonyl (C=O) groups excluding carboxylic acids is 1. The number of hydrogen-bond donors (Lipinski definition) is 1. The standard InChI is InChI=1S/C22H33N3O3/c1-16-12-23-19(17(2)21(16)27)14-24-9-7-22(8-10-24)6-5-20(26)25(15-22)13-18-4-3-11-28-18/h12,18H,3-11,13-15H2,1-2H3,(H,23,27). The van der Waals surface area contributed by atoms with Crippen LogP contribution in [0.25, 0.3) is 0 Å². The zero-order chi connectivity index (χ0) is 19.7. The van der Waals surface area contributed by atoms with E-state index < -0.39 is 0 Å². The highest BCUT2D eigenvalue weighted by molar-refractivity contribution is 5.77. The summed E-state index contributed by atoms with van der Waals surface area (Å²) in [6.07, 6.45) is 8.20. The highest BCUT2D eigenvalue weighted by Crippen LogP contribution is 2.40. The number of aromatic amines is 1. The van der Waals surface area contributed by atoms with Crippen LogP contribution in [0.5, 0.6) is 0 Å². The van der Waals surface area contributed by atoms with Crippen molar-refractivity contribution in [1.82, 2.24) is 14.8 Å². The molecule has 154 valence electrons. The zero-order valence-electron chi connectivity index (χ0n) is 17.3. The molecule has 0 aromatic carbocycles. The number of aromatic nitrogens is 1. The number of hydrogen-bond acceptors (Lipinski definition) is 4. The van der Waals surface area contributed by atoms with Crippen LogP contribution in [-0.2, 0) is 16.1 Å². The van der Waals surface area contributed by atoms with Gasteiger partial charge in [-0.1, -0.05) is 0 Å². The first-order valence-corrected chi connectivity index (χ1v) is 10.8. The predicted octanol–water partition coefficient (Wildman–Crippen LogP) is 2.38. The molecule has 4 rings (SSSR count). The smallest absolute Gasteiger partial charge is 0.222 e. The van der Waals surface area contributed by atoms with Gasteiger partial charge in [0, 0.05) is 55.7 Å². The van der Waals surface area contributed by atoms with Crippen LogP contribution in [0.4, 0.5) is 0 Å². The maximum absolute atomic E-state index is 12.4. The third-order valence-corrected chi connectivity index (χ3v) is 7.11. The second-order valence-electron chi connectivity index (χ2n) is 9.09. The molecule has 1 aromatic rings. The van der Waals surface area contributed by atoms with Gasteiger partial charge in [0.15, 0.2) is 5.43 Å². The Hall–Kier alpha value is -1.66. The van der Waals surface area contributed by atoms with Gasteiger partial charge in [0.1, 0.15) is 0 Å². The molecule has 0 radical (unpaired) electrons. The number of aryl methyl sites for hydroxylation is 1. The van der Waals surface area contributed by atoms with Crippen molar-refractivity contribution in [1.29, 1.82) is 0 Å². The molecule has 0 bridgehead atoms. The van der Waals surface area contributed by atoms with E-state index in [9.17, 15) is 9.59 Å². The predicted molar refractivity (Wildman–Crippen MR) is 108 cm³/mol. The number of amides is 1. The molecule has 1 spiro atoms. The van der Waals surface area contributed by atoms with Crippen molar-refractivity contribution in [2.24, 2.45) is 5.41 Å². The quantitative estimate of drug-likeness (QED) is 0.861. The van der Waals surface area contributed by atoms with Gasteiger partial charge >= 0.3 is 0 Å². The minimum atomic E-state index is 0.151. The Bertz CT molecular complexity index is 774. The summed E-state index contributed by atoms with van der Waals surface area (Å²) in [5, 5.41) is 0. The summed E-state index contributed by atoms with van der Waals surface area (Å²) in [6, 6.07) is 0. The van der Waals surface area contributed by atoms with Crippen LogP contribution in [0.2, 0.25) is 0 Å². The Morgan fingerprint density at radius 2 is 2.00 bits per heavy atom. The van der Waals surface area contributed by atoms with Crippen molar-refractivity contribution < 1.29 is 9.53 Å². The second kappa shape index (κ2) is 7.99. The SMILES string of the molecule is Cc1c[nH]c(CN2CCC3(CCC(=O)N(CC4CCCO4)C3)CC2)c(C)c1=O. The van der Waals surface area contributed by atoms with Crippen molar-refractivity contribution in [3.8, 4) is 0 Å². The largest absolute Gasteiger partial charge is 0.376 e. The summed E-state index contributed by atoms with van der Waals surface area (Å²) in [6.45, 7) is 9.13. The van der Waals surface area contributed by atoms with Gasteiger partial charge in [-0.15, -0.1) is 0 Å². The molecular formula is C22H33N3O3. The van der Waals surface area contributed by atoms with Gasteiger partial charge in [0.05, 0.1) is 6.10 Å². The molecule has 1 N–H and O–H groups in total. The maximum Gasteiger partial charge on any atom is 0.222 e. The van der Waals surface area contributed by atoms with Crippen molar-refractivity contribution in [3.05, 3.63) is 33.2 Å². The van der Waals surface area contributed by atoms with Crippen molar-refractivity contribution in [2.45, 2.75) is 65.0 Å². The molecule has 6 nitrogen and oxygen atoms in total. The third kappa shape index (κ3) is 4.03. The van der Waals surface area contributed by atoms with Gasteiger partial charge in [0.2, 0.25) is 5.91 Å². The molecule has 3 aliphatic heterocycles. The Morgan fingerprint density at radius 3 is 2.71 bits per heavy atom. The lowest BCUT2D eigenvalue weighted by molar-refractivity contribution is -0.141. The monoisotopic (exact) mass is 387 g/mol. The number of rotatable bonds is 4. The molecular weight excluding hydrogens is 354 g/mol. The van der Waals surface area contributed by atoms with E-state index >= 15 is 0 Å². The van der Waals surface area contributed by atoms with Crippen molar-refractivity contribution in [2.75, 3.05) is 32.8 Å². The zero-order valence-corrected chi connectivity index (χ0v) is 17.3. The number of nitrogens with zero attached hydrogens (tertiary/aromatic N) is 2. The molecule has 0 saturated carbocycles. The Labute approximate surface area is 167 Å². The molecule has 6 heteroatoms. The fourth-order valence-electron chi connectivity index (χ4n) is 5.09. The number of likely N-dealkylation sites (tertiary alicyclic amines) is 2. The molecule has 3 saturated heterocycles. The van der Waals surface area contributed by atoms with Crippen LogP contribution in [0.1, 0.15) is 55.3 Å². The van der Waals surface area contributed by atoms with E-state index in [1.165, 1.54) is 0 Å². The van der Waals surface area contributed by atoms with E-state index in [1.807, 2.05) is 20.0 Å². The van der Waals surface area contributed by atoms with Gasteiger partial charge < -0.3 is 14.6 Å². The van der Waals surface area contributed by atoms with Gasteiger partial charge in [0.25, 0.3) is 0 Å². The van der Waals surface area contributed by atoms with E-state index in [1.54, 1.807) is 0 Å². The van der Waals surface area contributed by atoms with E-state index in [-0.39, 0.29) is 16.9 Å². The average Bonchev–Trinajstić information content (AvgIpc) is 3.20. The van der Waals surface area contributed by atoms with Gasteiger partial charge in [-0.3, -0.25) is 14.5 Å². The lowest BCUT2D eigenvalue weighted by atomic mass is 9.72. The number of pyridine rings is 1. The summed E-state index contributed by atoms with van der Waals surface area (Å²) in [4.78, 5) is 32.5. The van der Waals surface area contributed by atoms with Gasteiger partial charge in [-0.25, -0.2) is 0 Å². The summed E-state index contributed by atoms with van der Waals surface area (Å²) in [5.74, 6) is 0.302. The van der Waals surface area contributed by atoms with Crippen LogP contribution >= 0.6 is 0 Å². The van der Waals surface area contributed by atoms with E-state index in [4.69, 9.17) is 4.74 Å². The maximum atomic E-state index is 12.4. The summed E-state index contributed by atoms with van der Waals surface area (Å²) >= 11 is 0. The number of nitrogens with one attached hydrogen (secondary N) is 1. The van der Waals surface area contributed by atoms with Crippen LogP contribution in [-0.4, -0.2) is 59.6 Å². The minimum absolute atomic E-state index is 0.151. The fourth-order valence-corrected chi connectivity index (χ4v) is 5.09. The molecule has 1 aromatic heterocycles. The molecule has 28 heavy (non-hydrogen) atoms. The van der Waals surface area contributed by atoms with Crippen LogP contribution in [0.3, 0.4) is 0 Å². The number of ether oxygens (including phenoxy) is 1. The summed E-state index contributed by atoms with van der Waals surface area (Å²) in [7, 11) is 0. The number of carbonyl (C=O) groups is 1. The van der Waals surface area contributed by atoms with Crippen LogP contribution in [0, 0.1) is 19.3 Å². The highest BCUT2D eigenvalue weighted by Gasteiger charge is 2.41. The van der Waals surface area contributed by atoms with E-state index in [2.05, 4.69) is 14.8 Å². The molecule has 4 heterocycles. The van der Waals surface area contributed by atoms with Crippen LogP contribution < -0.4 is 5.43 Å². The fraction of sp³-hybridized carbons (Fsp3) is 0.727. The molecule has 3 aliphatic rings. The lowest BCUT2D eigenvalue weighted by Crippen LogP contribution is -2.52. The average molecular weight is 388 g/mol. The Balaban J connectivity index is 1.35. The first-order valence-electron chi connectivity index (χ1n) is 10.8.